The number of rotatable bonds is 8. The van der Waals surface area contributed by atoms with Crippen molar-refractivity contribution in [3.63, 3.8) is 0 Å². The Morgan fingerprint density at radius 3 is 2.62 bits per heavy atom. The average molecular weight is 358 g/mol. The van der Waals surface area contributed by atoms with Gasteiger partial charge in [-0.3, -0.25) is 4.79 Å². The molecular weight excluding hydrogens is 334 g/mol. The highest BCUT2D eigenvalue weighted by Gasteiger charge is 2.19. The number of hydrogen-bond acceptors (Lipinski definition) is 5. The zero-order chi connectivity index (χ0) is 15.8. The molecule has 1 atom stereocenters. The number of aromatic nitrogens is 2. The van der Waals surface area contributed by atoms with E-state index in [4.69, 9.17) is 0 Å². The number of likely N-dealkylation sites (N-methyl/N-ethyl adjacent to an activating group) is 1. The molecule has 1 heterocycles. The minimum Gasteiger partial charge on any atom is -0.358 e. The van der Waals surface area contributed by atoms with Gasteiger partial charge in [0, 0.05) is 25.8 Å². The maximum atomic E-state index is 12.3. The first kappa shape index (κ1) is 17.7. The van der Waals surface area contributed by atoms with Crippen LogP contribution in [0.3, 0.4) is 0 Å². The minimum absolute atomic E-state index is 0.0635. The van der Waals surface area contributed by atoms with E-state index in [1.165, 1.54) is 0 Å². The van der Waals surface area contributed by atoms with Crippen LogP contribution in [0.1, 0.15) is 34.1 Å². The molecule has 2 N–H and O–H groups in total. The predicted molar refractivity (Wildman–Crippen MR) is 89.5 cm³/mol. The highest BCUT2D eigenvalue weighted by Crippen LogP contribution is 2.21. The summed E-state index contributed by atoms with van der Waals surface area (Å²) in [5, 5.41) is 6.28. The van der Waals surface area contributed by atoms with Crippen LogP contribution in [0.4, 0.5) is 11.8 Å². The van der Waals surface area contributed by atoms with E-state index in [1.54, 1.807) is 11.1 Å². The van der Waals surface area contributed by atoms with E-state index in [2.05, 4.69) is 43.5 Å². The van der Waals surface area contributed by atoms with E-state index in [9.17, 15) is 4.79 Å². The first-order valence-electron chi connectivity index (χ1n) is 7.35. The fourth-order valence-electron chi connectivity index (χ4n) is 1.87. The Balaban J connectivity index is 2.78. The van der Waals surface area contributed by atoms with Crippen LogP contribution in [0.2, 0.25) is 0 Å². The van der Waals surface area contributed by atoms with Crippen LogP contribution >= 0.6 is 15.9 Å². The van der Waals surface area contributed by atoms with Crippen molar-refractivity contribution in [1.82, 2.24) is 14.9 Å². The van der Waals surface area contributed by atoms with Gasteiger partial charge in [0.05, 0.1) is 4.47 Å². The third-order valence-electron chi connectivity index (χ3n) is 3.08. The lowest BCUT2D eigenvalue weighted by molar-refractivity contribution is -0.131. The Labute approximate surface area is 134 Å². The van der Waals surface area contributed by atoms with Crippen molar-refractivity contribution >= 4 is 33.6 Å². The molecule has 0 saturated heterocycles. The summed E-state index contributed by atoms with van der Waals surface area (Å²) in [6.45, 7) is 10.1. The van der Waals surface area contributed by atoms with Crippen LogP contribution in [-0.4, -0.2) is 46.5 Å². The number of nitrogens with zero attached hydrogens (tertiary/aromatic N) is 3. The van der Waals surface area contributed by atoms with Crippen molar-refractivity contribution < 1.29 is 4.79 Å². The minimum atomic E-state index is -0.338. The number of nitrogens with one attached hydrogen (secondary N) is 2. The molecule has 21 heavy (non-hydrogen) atoms. The molecule has 0 aliphatic rings. The van der Waals surface area contributed by atoms with Crippen LogP contribution in [-0.2, 0) is 4.79 Å². The second-order valence-electron chi connectivity index (χ2n) is 4.69. The van der Waals surface area contributed by atoms with Gasteiger partial charge >= 0.3 is 0 Å². The second-order valence-corrected chi connectivity index (χ2v) is 5.55. The van der Waals surface area contributed by atoms with Gasteiger partial charge in [0.1, 0.15) is 11.9 Å². The molecule has 0 radical (unpaired) electrons. The fourth-order valence-corrected chi connectivity index (χ4v) is 2.17. The number of carbonyl (C=O) groups excluding carboxylic acids is 1. The lowest BCUT2D eigenvalue weighted by atomic mass is 10.2. The Morgan fingerprint density at radius 2 is 2.05 bits per heavy atom. The standard InChI is InChI=1S/C14H24BrN5O/c1-5-8-16-14-17-9-11(15)12(19-14)18-10(4)13(21)20(6-2)7-3/h9-10H,5-8H2,1-4H3,(H2,16,17,18,19). The molecule has 0 aliphatic carbocycles. The summed E-state index contributed by atoms with van der Waals surface area (Å²) in [6, 6.07) is -0.338. The van der Waals surface area contributed by atoms with Gasteiger partial charge in [-0.25, -0.2) is 4.98 Å². The van der Waals surface area contributed by atoms with Crippen LogP contribution in [0.15, 0.2) is 10.7 Å². The molecule has 0 bridgehead atoms. The molecular formula is C14H24BrN5O. The highest BCUT2D eigenvalue weighted by atomic mass is 79.9. The van der Waals surface area contributed by atoms with Gasteiger partial charge < -0.3 is 15.5 Å². The van der Waals surface area contributed by atoms with Gasteiger partial charge in [0.15, 0.2) is 0 Å². The zero-order valence-electron chi connectivity index (χ0n) is 13.1. The number of hydrogen-bond donors (Lipinski definition) is 2. The lowest BCUT2D eigenvalue weighted by Crippen LogP contribution is -2.41. The van der Waals surface area contributed by atoms with Crippen molar-refractivity contribution in [3.05, 3.63) is 10.7 Å². The quantitative estimate of drug-likeness (QED) is 0.748. The molecule has 0 fully saturated rings. The Hall–Kier alpha value is -1.37. The third-order valence-corrected chi connectivity index (χ3v) is 3.66. The Morgan fingerprint density at radius 1 is 1.38 bits per heavy atom. The second kappa shape index (κ2) is 8.81. The summed E-state index contributed by atoms with van der Waals surface area (Å²) in [4.78, 5) is 22.6. The summed E-state index contributed by atoms with van der Waals surface area (Å²) < 4.78 is 0.740. The Bertz CT molecular complexity index is 465. The molecule has 1 rings (SSSR count). The van der Waals surface area contributed by atoms with Crippen molar-refractivity contribution in [1.29, 1.82) is 0 Å². The number of anilines is 2. The molecule has 0 aromatic carbocycles. The van der Waals surface area contributed by atoms with Gasteiger partial charge in [-0.2, -0.15) is 4.98 Å². The normalized spacial score (nSPS) is 11.9. The maximum absolute atomic E-state index is 12.3. The van der Waals surface area contributed by atoms with Crippen molar-refractivity contribution in [3.8, 4) is 0 Å². The molecule has 7 heteroatoms. The van der Waals surface area contributed by atoms with Crippen LogP contribution in [0.5, 0.6) is 0 Å². The largest absolute Gasteiger partial charge is 0.358 e. The van der Waals surface area contributed by atoms with E-state index in [0.29, 0.717) is 24.9 Å². The molecule has 1 unspecified atom stereocenters. The summed E-state index contributed by atoms with van der Waals surface area (Å²) in [5.41, 5.74) is 0. The summed E-state index contributed by atoms with van der Waals surface area (Å²) in [5.74, 6) is 1.25. The zero-order valence-corrected chi connectivity index (χ0v) is 14.7. The van der Waals surface area contributed by atoms with Gasteiger partial charge in [0.2, 0.25) is 11.9 Å². The number of halogens is 1. The molecule has 1 aromatic heterocycles. The molecule has 6 nitrogen and oxygen atoms in total. The summed E-state index contributed by atoms with van der Waals surface area (Å²) >= 11 is 3.41. The summed E-state index contributed by atoms with van der Waals surface area (Å²) in [6.07, 6.45) is 2.68. The van der Waals surface area contributed by atoms with E-state index in [-0.39, 0.29) is 11.9 Å². The van der Waals surface area contributed by atoms with Crippen LogP contribution in [0, 0.1) is 0 Å². The van der Waals surface area contributed by atoms with Crippen LogP contribution in [0.25, 0.3) is 0 Å². The first-order chi connectivity index (χ1) is 10.0. The van der Waals surface area contributed by atoms with Gasteiger partial charge in [-0.05, 0) is 43.1 Å². The van der Waals surface area contributed by atoms with Crippen molar-refractivity contribution in [2.24, 2.45) is 0 Å². The van der Waals surface area contributed by atoms with Crippen LogP contribution < -0.4 is 10.6 Å². The summed E-state index contributed by atoms with van der Waals surface area (Å²) in [7, 11) is 0. The highest BCUT2D eigenvalue weighted by molar-refractivity contribution is 9.10. The van der Waals surface area contributed by atoms with E-state index in [0.717, 1.165) is 17.4 Å². The fraction of sp³-hybridized carbons (Fsp3) is 0.643. The number of carbonyl (C=O) groups is 1. The molecule has 118 valence electrons. The van der Waals surface area contributed by atoms with Crippen molar-refractivity contribution in [2.75, 3.05) is 30.3 Å². The molecule has 0 spiro atoms. The first-order valence-corrected chi connectivity index (χ1v) is 8.14. The van der Waals surface area contributed by atoms with E-state index in [1.807, 2.05) is 20.8 Å². The topological polar surface area (TPSA) is 70.2 Å². The maximum Gasteiger partial charge on any atom is 0.244 e. The molecule has 0 saturated carbocycles. The smallest absolute Gasteiger partial charge is 0.244 e. The van der Waals surface area contributed by atoms with Crippen molar-refractivity contribution in [2.45, 2.75) is 40.2 Å². The van der Waals surface area contributed by atoms with E-state index >= 15 is 0 Å². The molecule has 0 aliphatic heterocycles. The van der Waals surface area contributed by atoms with Gasteiger partial charge in [-0.15, -0.1) is 0 Å². The van der Waals surface area contributed by atoms with Gasteiger partial charge in [-0.1, -0.05) is 6.92 Å². The Kier molecular flexibility index (Phi) is 7.42. The number of amides is 1. The third kappa shape index (κ3) is 5.15. The van der Waals surface area contributed by atoms with E-state index < -0.39 is 0 Å². The van der Waals surface area contributed by atoms with Gasteiger partial charge in [0.25, 0.3) is 0 Å². The lowest BCUT2D eigenvalue weighted by Gasteiger charge is -2.24. The SMILES string of the molecule is CCCNc1ncc(Br)c(NC(C)C(=O)N(CC)CC)n1. The molecule has 1 aromatic rings. The molecule has 1 amide bonds. The predicted octanol–water partition coefficient (Wildman–Crippen LogP) is 2.73. The average Bonchev–Trinajstić information content (AvgIpc) is 2.49. The monoisotopic (exact) mass is 357 g/mol.